The molecule has 3 N–H and O–H groups in total. The number of nitrogens with two attached hydrogens (primary N) is 1. The highest BCUT2D eigenvalue weighted by atomic mass is 32.1. The van der Waals surface area contributed by atoms with Crippen molar-refractivity contribution in [3.63, 3.8) is 0 Å². The SMILES string of the molecule is COc1ccc(C)cc1Nc1nc(C)ccc1C(N)=S. The van der Waals surface area contributed by atoms with Gasteiger partial charge in [0.1, 0.15) is 16.6 Å². The van der Waals surface area contributed by atoms with Crippen molar-refractivity contribution in [3.05, 3.63) is 47.2 Å². The number of rotatable bonds is 4. The molecule has 2 rings (SSSR count). The van der Waals surface area contributed by atoms with Gasteiger partial charge >= 0.3 is 0 Å². The number of nitrogens with one attached hydrogen (secondary N) is 1. The molecule has 4 nitrogen and oxygen atoms in total. The molecule has 0 fully saturated rings. The van der Waals surface area contributed by atoms with Crippen LogP contribution in [0.2, 0.25) is 0 Å². The van der Waals surface area contributed by atoms with E-state index in [1.165, 1.54) is 0 Å². The molecule has 5 heteroatoms. The second-order valence-electron chi connectivity index (χ2n) is 4.54. The van der Waals surface area contributed by atoms with Crippen LogP contribution in [0.15, 0.2) is 30.3 Å². The Labute approximate surface area is 124 Å². The van der Waals surface area contributed by atoms with Crippen molar-refractivity contribution in [2.24, 2.45) is 5.73 Å². The fraction of sp³-hybridized carbons (Fsp3) is 0.200. The molecule has 0 bridgehead atoms. The lowest BCUT2D eigenvalue weighted by atomic mass is 10.2. The van der Waals surface area contributed by atoms with Crippen LogP contribution < -0.4 is 15.8 Å². The number of aromatic nitrogens is 1. The Morgan fingerprint density at radius 2 is 2.00 bits per heavy atom. The van der Waals surface area contributed by atoms with Crippen LogP contribution in [0.5, 0.6) is 5.75 Å². The minimum atomic E-state index is 0.312. The van der Waals surface area contributed by atoms with E-state index in [1.54, 1.807) is 7.11 Å². The molecule has 0 atom stereocenters. The van der Waals surface area contributed by atoms with Crippen molar-refractivity contribution < 1.29 is 4.74 Å². The van der Waals surface area contributed by atoms with E-state index in [-0.39, 0.29) is 0 Å². The molecule has 0 unspecified atom stereocenters. The maximum atomic E-state index is 5.74. The third kappa shape index (κ3) is 3.05. The fourth-order valence-electron chi connectivity index (χ4n) is 1.90. The monoisotopic (exact) mass is 287 g/mol. The summed E-state index contributed by atoms with van der Waals surface area (Å²) in [4.78, 5) is 4.77. The Kier molecular flexibility index (Phi) is 4.20. The first-order valence-electron chi connectivity index (χ1n) is 6.20. The molecule has 0 saturated heterocycles. The van der Waals surface area contributed by atoms with Gasteiger partial charge in [-0.1, -0.05) is 18.3 Å². The van der Waals surface area contributed by atoms with Gasteiger partial charge in [0.05, 0.1) is 18.4 Å². The maximum Gasteiger partial charge on any atom is 0.142 e. The molecule has 0 radical (unpaired) electrons. The average Bonchev–Trinajstić information content (AvgIpc) is 2.38. The summed E-state index contributed by atoms with van der Waals surface area (Å²) in [7, 11) is 1.63. The number of anilines is 2. The number of nitrogens with zero attached hydrogens (tertiary/aromatic N) is 1. The summed E-state index contributed by atoms with van der Waals surface area (Å²) < 4.78 is 5.35. The third-order valence-corrected chi connectivity index (χ3v) is 3.13. The maximum absolute atomic E-state index is 5.74. The minimum absolute atomic E-state index is 0.312. The second-order valence-corrected chi connectivity index (χ2v) is 4.98. The molecule has 1 aromatic heterocycles. The van der Waals surface area contributed by atoms with E-state index >= 15 is 0 Å². The Morgan fingerprint density at radius 1 is 1.25 bits per heavy atom. The van der Waals surface area contributed by atoms with Gasteiger partial charge in [-0.05, 0) is 43.7 Å². The van der Waals surface area contributed by atoms with E-state index in [9.17, 15) is 0 Å². The number of hydrogen-bond acceptors (Lipinski definition) is 4. The Bertz CT molecular complexity index is 656. The molecular formula is C15H17N3OS. The molecule has 0 spiro atoms. The van der Waals surface area contributed by atoms with Gasteiger partial charge in [0, 0.05) is 5.69 Å². The molecule has 0 aliphatic carbocycles. The molecule has 104 valence electrons. The third-order valence-electron chi connectivity index (χ3n) is 2.91. The number of benzene rings is 1. The quantitative estimate of drug-likeness (QED) is 0.846. The van der Waals surface area contributed by atoms with Crippen LogP contribution in [0.25, 0.3) is 0 Å². The van der Waals surface area contributed by atoms with Crippen molar-refractivity contribution >= 4 is 28.7 Å². The molecule has 1 heterocycles. The van der Waals surface area contributed by atoms with Gasteiger partial charge in [-0.2, -0.15) is 0 Å². The standard InChI is InChI=1S/C15H17N3OS/c1-9-4-7-13(19-3)12(8-9)18-15-11(14(16)20)6-5-10(2)17-15/h4-8H,1-3H3,(H2,16,20)(H,17,18). The van der Waals surface area contributed by atoms with Crippen molar-refractivity contribution in [3.8, 4) is 5.75 Å². The summed E-state index contributed by atoms with van der Waals surface area (Å²) in [5.41, 5.74) is 9.30. The van der Waals surface area contributed by atoms with E-state index < -0.39 is 0 Å². The second kappa shape index (κ2) is 5.88. The first kappa shape index (κ1) is 14.3. The lowest BCUT2D eigenvalue weighted by Crippen LogP contribution is -2.13. The van der Waals surface area contributed by atoms with Crippen LogP contribution in [0, 0.1) is 13.8 Å². The molecule has 0 saturated carbocycles. The average molecular weight is 287 g/mol. The van der Waals surface area contributed by atoms with Crippen LogP contribution in [0.3, 0.4) is 0 Å². The van der Waals surface area contributed by atoms with Crippen LogP contribution >= 0.6 is 12.2 Å². The van der Waals surface area contributed by atoms with Gasteiger partial charge in [0.25, 0.3) is 0 Å². The van der Waals surface area contributed by atoms with E-state index in [4.69, 9.17) is 22.7 Å². The van der Waals surface area contributed by atoms with E-state index in [2.05, 4.69) is 10.3 Å². The van der Waals surface area contributed by atoms with Crippen LogP contribution in [0.4, 0.5) is 11.5 Å². The van der Waals surface area contributed by atoms with Gasteiger partial charge in [0.2, 0.25) is 0 Å². The summed E-state index contributed by atoms with van der Waals surface area (Å²) in [6.07, 6.45) is 0. The van der Waals surface area contributed by atoms with Crippen molar-refractivity contribution in [1.29, 1.82) is 0 Å². The van der Waals surface area contributed by atoms with Crippen LogP contribution in [-0.2, 0) is 0 Å². The molecule has 0 aliphatic rings. The lowest BCUT2D eigenvalue weighted by Gasteiger charge is -2.14. The topological polar surface area (TPSA) is 60.2 Å². The van der Waals surface area contributed by atoms with Crippen molar-refractivity contribution in [2.75, 3.05) is 12.4 Å². The van der Waals surface area contributed by atoms with E-state index in [1.807, 2.05) is 44.2 Å². The smallest absolute Gasteiger partial charge is 0.142 e. The largest absolute Gasteiger partial charge is 0.495 e. The van der Waals surface area contributed by atoms with Gasteiger partial charge < -0.3 is 15.8 Å². The number of aryl methyl sites for hydroxylation is 2. The first-order chi connectivity index (χ1) is 9.51. The molecule has 1 aromatic carbocycles. The Morgan fingerprint density at radius 3 is 2.65 bits per heavy atom. The predicted molar refractivity (Wildman–Crippen MR) is 85.9 cm³/mol. The van der Waals surface area contributed by atoms with E-state index in [0.29, 0.717) is 16.4 Å². The van der Waals surface area contributed by atoms with E-state index in [0.717, 1.165) is 22.7 Å². The van der Waals surface area contributed by atoms with Gasteiger partial charge in [-0.25, -0.2) is 4.98 Å². The number of methoxy groups -OCH3 is 1. The Balaban J connectivity index is 2.46. The summed E-state index contributed by atoms with van der Waals surface area (Å²) in [5, 5.41) is 3.25. The number of ether oxygens (including phenoxy) is 1. The highest BCUT2D eigenvalue weighted by Crippen LogP contribution is 2.29. The number of pyridine rings is 1. The molecule has 0 aliphatic heterocycles. The minimum Gasteiger partial charge on any atom is -0.495 e. The fourth-order valence-corrected chi connectivity index (χ4v) is 2.06. The molecule has 20 heavy (non-hydrogen) atoms. The van der Waals surface area contributed by atoms with Crippen LogP contribution in [0.1, 0.15) is 16.8 Å². The highest BCUT2D eigenvalue weighted by Gasteiger charge is 2.10. The predicted octanol–water partition coefficient (Wildman–Crippen LogP) is 3.08. The van der Waals surface area contributed by atoms with Gasteiger partial charge in [0.15, 0.2) is 0 Å². The Hall–Kier alpha value is -2.14. The summed E-state index contributed by atoms with van der Waals surface area (Å²) in [6, 6.07) is 9.64. The number of thiocarbonyl (C=S) groups is 1. The van der Waals surface area contributed by atoms with Gasteiger partial charge in [-0.3, -0.25) is 0 Å². The molecule has 2 aromatic rings. The summed E-state index contributed by atoms with van der Waals surface area (Å²) in [6.45, 7) is 3.94. The zero-order valence-corrected chi connectivity index (χ0v) is 12.5. The van der Waals surface area contributed by atoms with Crippen molar-refractivity contribution in [2.45, 2.75) is 13.8 Å². The van der Waals surface area contributed by atoms with Crippen LogP contribution in [-0.4, -0.2) is 17.1 Å². The molecular weight excluding hydrogens is 270 g/mol. The molecule has 0 amide bonds. The number of hydrogen-bond donors (Lipinski definition) is 2. The summed E-state index contributed by atoms with van der Waals surface area (Å²) in [5.74, 6) is 1.38. The van der Waals surface area contributed by atoms with Crippen molar-refractivity contribution in [1.82, 2.24) is 4.98 Å². The normalized spacial score (nSPS) is 10.2. The lowest BCUT2D eigenvalue weighted by molar-refractivity contribution is 0.416. The summed E-state index contributed by atoms with van der Waals surface area (Å²) >= 11 is 5.06. The zero-order valence-electron chi connectivity index (χ0n) is 11.7. The first-order valence-corrected chi connectivity index (χ1v) is 6.61. The highest BCUT2D eigenvalue weighted by molar-refractivity contribution is 7.80. The zero-order chi connectivity index (χ0) is 14.7. The van der Waals surface area contributed by atoms with Gasteiger partial charge in [-0.15, -0.1) is 0 Å².